The second-order valence-electron chi connectivity index (χ2n) is 6.48. The normalized spacial score (nSPS) is 28.6. The first kappa shape index (κ1) is 14.8. The Morgan fingerprint density at radius 3 is 2.24 bits per heavy atom. The summed E-state index contributed by atoms with van der Waals surface area (Å²) in [6.45, 7) is 5.11. The van der Waals surface area contributed by atoms with Gasteiger partial charge in [0.1, 0.15) is 6.04 Å². The van der Waals surface area contributed by atoms with Crippen molar-refractivity contribution in [2.75, 3.05) is 39.3 Å². The predicted octanol–water partition coefficient (Wildman–Crippen LogP) is 0.232. The number of carbonyl (C=O) groups is 2. The lowest BCUT2D eigenvalue weighted by molar-refractivity contribution is -0.143. The van der Waals surface area contributed by atoms with Crippen LogP contribution in [0.2, 0.25) is 0 Å². The lowest BCUT2D eigenvalue weighted by atomic mass is 10.0. The van der Waals surface area contributed by atoms with E-state index in [-0.39, 0.29) is 11.9 Å². The molecule has 0 aromatic heterocycles. The fourth-order valence-corrected chi connectivity index (χ4v) is 3.76. The quantitative estimate of drug-likeness (QED) is 0.804. The molecule has 0 saturated carbocycles. The van der Waals surface area contributed by atoms with Crippen molar-refractivity contribution in [1.29, 1.82) is 0 Å². The fourth-order valence-electron chi connectivity index (χ4n) is 3.76. The van der Waals surface area contributed by atoms with Gasteiger partial charge in [0, 0.05) is 32.2 Å². The largest absolute Gasteiger partial charge is 0.480 e. The molecule has 0 aliphatic carbocycles. The smallest absolute Gasteiger partial charge is 0.320 e. The van der Waals surface area contributed by atoms with Crippen molar-refractivity contribution in [3.63, 3.8) is 0 Å². The summed E-state index contributed by atoms with van der Waals surface area (Å²) in [5, 5.41) is 9.28. The number of piperidine rings is 1. The van der Waals surface area contributed by atoms with Crippen LogP contribution in [0, 0.1) is 0 Å². The Morgan fingerprint density at radius 2 is 1.67 bits per heavy atom. The maximum Gasteiger partial charge on any atom is 0.320 e. The number of likely N-dealkylation sites (tertiary alicyclic amines) is 3. The lowest BCUT2D eigenvalue weighted by Crippen LogP contribution is -2.52. The average molecular weight is 295 g/mol. The van der Waals surface area contributed by atoms with Gasteiger partial charge in [-0.1, -0.05) is 0 Å². The highest BCUT2D eigenvalue weighted by atomic mass is 16.4. The van der Waals surface area contributed by atoms with E-state index in [0.29, 0.717) is 12.6 Å². The van der Waals surface area contributed by atoms with Crippen LogP contribution in [-0.4, -0.2) is 83.0 Å². The van der Waals surface area contributed by atoms with E-state index in [1.54, 1.807) is 0 Å². The van der Waals surface area contributed by atoms with Crippen molar-refractivity contribution in [2.45, 2.75) is 44.2 Å². The van der Waals surface area contributed by atoms with Gasteiger partial charge in [-0.3, -0.25) is 19.4 Å². The third kappa shape index (κ3) is 3.21. The maximum atomic E-state index is 12.0. The predicted molar refractivity (Wildman–Crippen MR) is 78.0 cm³/mol. The highest BCUT2D eigenvalue weighted by Crippen LogP contribution is 2.26. The minimum atomic E-state index is -0.678. The van der Waals surface area contributed by atoms with Gasteiger partial charge in [-0.05, 0) is 38.6 Å². The molecule has 0 aromatic rings. The van der Waals surface area contributed by atoms with E-state index in [4.69, 9.17) is 0 Å². The first-order valence-corrected chi connectivity index (χ1v) is 8.14. The fraction of sp³-hybridized carbons (Fsp3) is 0.867. The Labute approximate surface area is 125 Å². The number of hydrogen-bond acceptors (Lipinski definition) is 4. The molecule has 6 heteroatoms. The van der Waals surface area contributed by atoms with E-state index in [9.17, 15) is 14.7 Å². The summed E-state index contributed by atoms with van der Waals surface area (Å²) in [5.41, 5.74) is 0. The minimum Gasteiger partial charge on any atom is -0.480 e. The number of carboxylic acids is 1. The zero-order valence-corrected chi connectivity index (χ0v) is 12.5. The van der Waals surface area contributed by atoms with Crippen LogP contribution >= 0.6 is 0 Å². The van der Waals surface area contributed by atoms with E-state index in [1.807, 2.05) is 4.90 Å². The van der Waals surface area contributed by atoms with Crippen molar-refractivity contribution in [3.8, 4) is 0 Å². The Bertz CT molecular complexity index is 403. The highest BCUT2D eigenvalue weighted by molar-refractivity contribution is 5.79. The third-order valence-corrected chi connectivity index (χ3v) is 5.17. The van der Waals surface area contributed by atoms with E-state index in [1.165, 1.54) is 0 Å². The van der Waals surface area contributed by atoms with Gasteiger partial charge in [-0.2, -0.15) is 0 Å². The molecule has 0 radical (unpaired) electrons. The maximum absolute atomic E-state index is 12.0. The zero-order valence-electron chi connectivity index (χ0n) is 12.5. The van der Waals surface area contributed by atoms with E-state index in [0.717, 1.165) is 64.8 Å². The van der Waals surface area contributed by atoms with Crippen LogP contribution in [-0.2, 0) is 9.59 Å². The summed E-state index contributed by atoms with van der Waals surface area (Å²) in [7, 11) is 0. The molecule has 21 heavy (non-hydrogen) atoms. The molecule has 3 saturated heterocycles. The standard InChI is InChI=1S/C15H25N3O3/c19-14(17-6-2-7-17)11-16-9-4-12(5-10-16)18-8-1-3-13(18)15(20)21/h12-13H,1-11H2,(H,20,21). The van der Waals surface area contributed by atoms with Crippen molar-refractivity contribution in [1.82, 2.24) is 14.7 Å². The molecule has 1 atom stereocenters. The summed E-state index contributed by atoms with van der Waals surface area (Å²) >= 11 is 0. The number of nitrogens with zero attached hydrogens (tertiary/aromatic N) is 3. The molecule has 1 amide bonds. The second-order valence-corrected chi connectivity index (χ2v) is 6.48. The number of amides is 1. The molecule has 0 bridgehead atoms. The van der Waals surface area contributed by atoms with Crippen LogP contribution in [0.5, 0.6) is 0 Å². The van der Waals surface area contributed by atoms with Gasteiger partial charge in [0.15, 0.2) is 0 Å². The van der Waals surface area contributed by atoms with Crippen LogP contribution in [0.15, 0.2) is 0 Å². The Balaban J connectivity index is 1.46. The molecule has 3 aliphatic heterocycles. The molecular weight excluding hydrogens is 270 g/mol. The van der Waals surface area contributed by atoms with Crippen molar-refractivity contribution in [3.05, 3.63) is 0 Å². The van der Waals surface area contributed by atoms with Crippen molar-refractivity contribution in [2.24, 2.45) is 0 Å². The number of carbonyl (C=O) groups excluding carboxylic acids is 1. The molecule has 3 heterocycles. The van der Waals surface area contributed by atoms with Gasteiger partial charge in [-0.25, -0.2) is 0 Å². The van der Waals surface area contributed by atoms with Crippen LogP contribution in [0.4, 0.5) is 0 Å². The number of aliphatic carboxylic acids is 1. The molecule has 0 spiro atoms. The van der Waals surface area contributed by atoms with Gasteiger partial charge in [0.2, 0.25) is 5.91 Å². The van der Waals surface area contributed by atoms with Crippen molar-refractivity contribution < 1.29 is 14.7 Å². The Morgan fingerprint density at radius 1 is 0.952 bits per heavy atom. The van der Waals surface area contributed by atoms with E-state index in [2.05, 4.69) is 9.80 Å². The molecule has 1 N–H and O–H groups in total. The molecule has 3 fully saturated rings. The number of carboxylic acid groups (broad SMARTS) is 1. The topological polar surface area (TPSA) is 64.1 Å². The summed E-state index contributed by atoms with van der Waals surface area (Å²) in [6, 6.07) is 0.0910. The summed E-state index contributed by atoms with van der Waals surface area (Å²) in [6.07, 6.45) is 4.88. The van der Waals surface area contributed by atoms with Crippen molar-refractivity contribution >= 4 is 11.9 Å². The SMILES string of the molecule is O=C(O)C1CCCN1C1CCN(CC(=O)N2CCC2)CC1. The monoisotopic (exact) mass is 295 g/mol. The lowest BCUT2D eigenvalue weighted by Gasteiger charge is -2.39. The summed E-state index contributed by atoms with van der Waals surface area (Å²) < 4.78 is 0. The van der Waals surface area contributed by atoms with Gasteiger partial charge in [0.25, 0.3) is 0 Å². The molecule has 3 aliphatic rings. The minimum absolute atomic E-state index is 0.254. The van der Waals surface area contributed by atoms with Gasteiger partial charge in [-0.15, -0.1) is 0 Å². The molecule has 6 nitrogen and oxygen atoms in total. The van der Waals surface area contributed by atoms with Crippen LogP contribution in [0.1, 0.15) is 32.1 Å². The molecule has 118 valence electrons. The van der Waals surface area contributed by atoms with Gasteiger partial charge < -0.3 is 10.0 Å². The third-order valence-electron chi connectivity index (χ3n) is 5.17. The summed E-state index contributed by atoms with van der Waals surface area (Å²) in [5.74, 6) is -0.424. The summed E-state index contributed by atoms with van der Waals surface area (Å²) in [4.78, 5) is 29.6. The van der Waals surface area contributed by atoms with Gasteiger partial charge in [0.05, 0.1) is 6.54 Å². The Kier molecular flexibility index (Phi) is 4.45. The molecule has 3 rings (SSSR count). The number of rotatable bonds is 4. The van der Waals surface area contributed by atoms with Crippen LogP contribution in [0.25, 0.3) is 0 Å². The first-order valence-electron chi connectivity index (χ1n) is 8.14. The molecule has 0 aromatic carbocycles. The van der Waals surface area contributed by atoms with E-state index >= 15 is 0 Å². The van der Waals surface area contributed by atoms with E-state index < -0.39 is 5.97 Å². The zero-order chi connectivity index (χ0) is 14.8. The molecule has 1 unspecified atom stereocenters. The first-order chi connectivity index (χ1) is 10.1. The van der Waals surface area contributed by atoms with Crippen LogP contribution in [0.3, 0.4) is 0 Å². The second kappa shape index (κ2) is 6.32. The van der Waals surface area contributed by atoms with Crippen LogP contribution < -0.4 is 0 Å². The number of hydrogen-bond donors (Lipinski definition) is 1. The highest BCUT2D eigenvalue weighted by Gasteiger charge is 2.37. The van der Waals surface area contributed by atoms with Gasteiger partial charge >= 0.3 is 5.97 Å². The Hall–Kier alpha value is -1.14. The average Bonchev–Trinajstić information content (AvgIpc) is 2.86. The molecular formula is C15H25N3O3.